The molecule has 0 aromatic carbocycles. The van der Waals surface area contributed by atoms with Gasteiger partial charge in [0.15, 0.2) is 5.16 Å². The summed E-state index contributed by atoms with van der Waals surface area (Å²) in [6, 6.07) is 0. The van der Waals surface area contributed by atoms with E-state index >= 15 is 0 Å². The molecule has 2 N–H and O–H groups in total. The van der Waals surface area contributed by atoms with Gasteiger partial charge in [-0.3, -0.25) is 9.63 Å². The molecule has 1 heterocycles. The molecular weight excluding hydrogens is 228 g/mol. The van der Waals surface area contributed by atoms with Crippen LogP contribution in [0.2, 0.25) is 0 Å². The molecule has 0 spiro atoms. The van der Waals surface area contributed by atoms with Gasteiger partial charge >= 0.3 is 0 Å². The van der Waals surface area contributed by atoms with Crippen molar-refractivity contribution < 1.29 is 9.63 Å². The number of anilines is 1. The molecule has 1 aromatic heterocycles. The molecule has 0 aliphatic heterocycles. The van der Waals surface area contributed by atoms with Gasteiger partial charge in [0.2, 0.25) is 0 Å². The highest BCUT2D eigenvalue weighted by Gasteiger charge is 2.16. The molecule has 6 nitrogen and oxygen atoms in total. The van der Waals surface area contributed by atoms with Crippen LogP contribution in [0.5, 0.6) is 0 Å². The second-order valence-electron chi connectivity index (χ2n) is 2.87. The Labute approximate surface area is 98.1 Å². The Morgan fingerprint density at radius 3 is 2.88 bits per heavy atom. The first-order valence-corrected chi connectivity index (χ1v) is 5.66. The molecule has 0 aliphatic carbocycles. The number of carbonyl (C=O) groups is 1. The van der Waals surface area contributed by atoms with Crippen molar-refractivity contribution in [3.05, 3.63) is 11.8 Å². The van der Waals surface area contributed by atoms with Gasteiger partial charge in [-0.1, -0.05) is 18.7 Å². The van der Waals surface area contributed by atoms with Gasteiger partial charge < -0.3 is 5.73 Å². The molecule has 0 aliphatic rings. The third-order valence-electron chi connectivity index (χ3n) is 1.86. The van der Waals surface area contributed by atoms with Gasteiger partial charge in [-0.05, 0) is 5.75 Å². The minimum atomic E-state index is -0.368. The van der Waals surface area contributed by atoms with Crippen LogP contribution in [-0.2, 0) is 4.84 Å². The van der Waals surface area contributed by atoms with Gasteiger partial charge in [-0.25, -0.2) is 15.0 Å². The Kier molecular flexibility index (Phi) is 4.51. The van der Waals surface area contributed by atoms with Crippen molar-refractivity contribution >= 4 is 23.5 Å². The second kappa shape index (κ2) is 5.66. The number of rotatable bonds is 4. The number of nitrogens with zero attached hydrogens (tertiary/aromatic N) is 3. The number of hydrogen-bond donors (Lipinski definition) is 1. The van der Waals surface area contributed by atoms with Gasteiger partial charge in [-0.2, -0.15) is 0 Å². The largest absolute Gasteiger partial charge is 0.383 e. The van der Waals surface area contributed by atoms with Crippen LogP contribution in [0.1, 0.15) is 17.3 Å². The molecule has 16 heavy (non-hydrogen) atoms. The second-order valence-corrected chi connectivity index (χ2v) is 4.10. The first kappa shape index (κ1) is 12.7. The molecule has 7 heteroatoms. The number of nitrogen functional groups attached to an aromatic ring is 1. The fourth-order valence-corrected chi connectivity index (χ4v) is 1.54. The predicted octanol–water partition coefficient (Wildman–Crippen LogP) is 0.804. The van der Waals surface area contributed by atoms with Crippen LogP contribution in [0, 0.1) is 0 Å². The van der Waals surface area contributed by atoms with Crippen LogP contribution >= 0.6 is 11.8 Å². The highest BCUT2D eigenvalue weighted by molar-refractivity contribution is 7.99. The summed E-state index contributed by atoms with van der Waals surface area (Å²) in [5, 5.41) is 1.64. The average Bonchev–Trinajstić information content (AvgIpc) is 2.28. The minimum Gasteiger partial charge on any atom is -0.383 e. The number of carbonyl (C=O) groups excluding carboxylic acids is 1. The summed E-state index contributed by atoms with van der Waals surface area (Å²) in [5.74, 6) is 0.651. The van der Waals surface area contributed by atoms with Crippen LogP contribution in [0.25, 0.3) is 0 Å². The van der Waals surface area contributed by atoms with E-state index in [1.807, 2.05) is 6.92 Å². The molecule has 0 fully saturated rings. The molecule has 0 radical (unpaired) electrons. The van der Waals surface area contributed by atoms with Crippen molar-refractivity contribution in [3.63, 3.8) is 0 Å². The predicted molar refractivity (Wildman–Crippen MR) is 61.9 cm³/mol. The van der Waals surface area contributed by atoms with E-state index in [4.69, 9.17) is 10.6 Å². The lowest BCUT2D eigenvalue weighted by atomic mass is 10.3. The summed E-state index contributed by atoms with van der Waals surface area (Å²) < 4.78 is 0. The summed E-state index contributed by atoms with van der Waals surface area (Å²) in [4.78, 5) is 24.5. The summed E-state index contributed by atoms with van der Waals surface area (Å²) in [7, 11) is 2.90. The van der Waals surface area contributed by atoms with E-state index < -0.39 is 0 Å². The molecule has 88 valence electrons. The van der Waals surface area contributed by atoms with Gasteiger partial charge in [0, 0.05) is 13.2 Å². The first-order chi connectivity index (χ1) is 7.60. The maximum atomic E-state index is 11.7. The van der Waals surface area contributed by atoms with E-state index in [0.29, 0.717) is 5.16 Å². The van der Waals surface area contributed by atoms with Gasteiger partial charge in [0.05, 0.1) is 7.11 Å². The third kappa shape index (κ3) is 2.83. The average molecular weight is 242 g/mol. The van der Waals surface area contributed by atoms with E-state index in [0.717, 1.165) is 10.8 Å². The molecule has 0 saturated heterocycles. The van der Waals surface area contributed by atoms with Gasteiger partial charge in [0.25, 0.3) is 5.91 Å². The van der Waals surface area contributed by atoms with E-state index in [1.54, 1.807) is 0 Å². The lowest BCUT2D eigenvalue weighted by Crippen LogP contribution is -2.26. The van der Waals surface area contributed by atoms with Crippen LogP contribution < -0.4 is 5.73 Å². The number of hydroxylamine groups is 2. The summed E-state index contributed by atoms with van der Waals surface area (Å²) >= 11 is 1.47. The monoisotopic (exact) mass is 242 g/mol. The zero-order chi connectivity index (χ0) is 12.1. The molecular formula is C9H14N4O2S. The highest BCUT2D eigenvalue weighted by Crippen LogP contribution is 2.16. The zero-order valence-electron chi connectivity index (χ0n) is 9.43. The lowest BCUT2D eigenvalue weighted by Gasteiger charge is -2.14. The van der Waals surface area contributed by atoms with Crippen LogP contribution in [0.4, 0.5) is 5.82 Å². The van der Waals surface area contributed by atoms with E-state index in [9.17, 15) is 4.79 Å². The van der Waals surface area contributed by atoms with Crippen molar-refractivity contribution in [1.82, 2.24) is 15.0 Å². The van der Waals surface area contributed by atoms with Crippen molar-refractivity contribution in [2.24, 2.45) is 0 Å². The topological polar surface area (TPSA) is 81.3 Å². The molecule has 1 aromatic rings. The molecule has 0 saturated carbocycles. The maximum absolute atomic E-state index is 11.7. The molecule has 0 bridgehead atoms. The van der Waals surface area contributed by atoms with E-state index in [-0.39, 0.29) is 17.3 Å². The van der Waals surface area contributed by atoms with Crippen LogP contribution in [0.15, 0.2) is 11.4 Å². The Bertz CT molecular complexity index is 386. The van der Waals surface area contributed by atoms with Gasteiger partial charge in [0.1, 0.15) is 11.4 Å². The SMILES string of the molecule is CCSc1ncc(C(=O)N(C)OC)c(N)n1. The normalized spacial score (nSPS) is 10.2. The quantitative estimate of drug-likeness (QED) is 0.478. The number of hydrogen-bond acceptors (Lipinski definition) is 6. The van der Waals surface area contributed by atoms with Crippen molar-refractivity contribution in [2.45, 2.75) is 12.1 Å². The highest BCUT2D eigenvalue weighted by atomic mass is 32.2. The smallest absolute Gasteiger partial charge is 0.282 e. The van der Waals surface area contributed by atoms with E-state index in [2.05, 4.69) is 9.97 Å². The summed E-state index contributed by atoms with van der Waals surface area (Å²) in [6.45, 7) is 1.99. The van der Waals surface area contributed by atoms with Crippen molar-refractivity contribution in [1.29, 1.82) is 0 Å². The Morgan fingerprint density at radius 2 is 2.38 bits per heavy atom. The first-order valence-electron chi connectivity index (χ1n) is 4.67. The molecule has 0 atom stereocenters. The number of aromatic nitrogens is 2. The molecule has 1 amide bonds. The molecule has 0 unspecified atom stereocenters. The minimum absolute atomic E-state index is 0.167. The third-order valence-corrected chi connectivity index (χ3v) is 2.60. The van der Waals surface area contributed by atoms with Crippen LogP contribution in [0.3, 0.4) is 0 Å². The number of thioether (sulfide) groups is 1. The standard InChI is InChI=1S/C9H14N4O2S/c1-4-16-9-11-5-6(7(10)12-9)8(14)13(2)15-3/h5H,4H2,1-3H3,(H2,10,11,12). The van der Waals surface area contributed by atoms with Crippen LogP contribution in [-0.4, -0.2) is 40.8 Å². The van der Waals surface area contributed by atoms with Crippen molar-refractivity contribution in [3.8, 4) is 0 Å². The Morgan fingerprint density at radius 1 is 1.69 bits per heavy atom. The van der Waals surface area contributed by atoms with Gasteiger partial charge in [-0.15, -0.1) is 0 Å². The lowest BCUT2D eigenvalue weighted by molar-refractivity contribution is -0.0756. The number of amides is 1. The number of nitrogens with two attached hydrogens (primary N) is 1. The van der Waals surface area contributed by atoms with Crippen molar-refractivity contribution in [2.75, 3.05) is 25.6 Å². The summed E-state index contributed by atoms with van der Waals surface area (Å²) in [5.41, 5.74) is 5.92. The fraction of sp³-hybridized carbons (Fsp3) is 0.444. The summed E-state index contributed by atoms with van der Waals surface area (Å²) in [6.07, 6.45) is 1.41. The Balaban J connectivity index is 2.94. The Hall–Kier alpha value is -1.34. The fourth-order valence-electron chi connectivity index (χ4n) is 0.994. The van der Waals surface area contributed by atoms with E-state index in [1.165, 1.54) is 32.1 Å². The zero-order valence-corrected chi connectivity index (χ0v) is 10.2. The maximum Gasteiger partial charge on any atom is 0.282 e. The molecule has 1 rings (SSSR count).